The Bertz CT molecular complexity index is 2410. The van der Waals surface area contributed by atoms with E-state index in [2.05, 4.69) is 14.4 Å². The summed E-state index contributed by atoms with van der Waals surface area (Å²) < 4.78 is 188. The highest BCUT2D eigenvalue weighted by molar-refractivity contribution is 5.91. The van der Waals surface area contributed by atoms with E-state index >= 15 is 17.6 Å². The summed E-state index contributed by atoms with van der Waals surface area (Å²) in [5.74, 6) is -11.0. The fraction of sp³-hybridized carbons (Fsp3) is 0.176. The zero-order valence-corrected chi connectivity index (χ0v) is 25.3. The van der Waals surface area contributed by atoms with Crippen LogP contribution in [0.15, 0.2) is 46.8 Å². The van der Waals surface area contributed by atoms with Crippen molar-refractivity contribution in [1.82, 2.24) is 0 Å². The van der Waals surface area contributed by atoms with Gasteiger partial charge in [-0.3, -0.25) is 0 Å². The molecule has 0 saturated carbocycles. The third-order valence-electron chi connectivity index (χ3n) is 8.20. The second kappa shape index (κ2) is 12.5. The highest BCUT2D eigenvalue weighted by Crippen LogP contribution is 2.44. The number of hydrogen-bond acceptors (Lipinski definition) is 3. The molecule has 0 heterocycles. The molecule has 0 unspecified atom stereocenters. The van der Waals surface area contributed by atoms with Gasteiger partial charge < -0.3 is 4.74 Å². The average molecular weight is 738 g/mol. The Balaban J connectivity index is 2.17. The van der Waals surface area contributed by atoms with Gasteiger partial charge in [-0.05, 0) is 81.8 Å². The topological polar surface area (TPSA) is 65.5 Å². The molecule has 5 nitrogen and oxygen atoms in total. The maximum absolute atomic E-state index is 15.1. The Hall–Kier alpha value is -6.27. The molecule has 0 saturated heterocycles. The van der Waals surface area contributed by atoms with Crippen LogP contribution in [0.2, 0.25) is 0 Å². The number of alkyl halides is 9. The van der Waals surface area contributed by atoms with E-state index in [-0.39, 0.29) is 40.6 Å². The van der Waals surface area contributed by atoms with E-state index in [9.17, 15) is 50.0 Å². The Kier molecular flexibility index (Phi) is 8.89. The largest absolute Gasteiger partial charge is 0.573 e. The van der Waals surface area contributed by atoms with Crippen LogP contribution in [-0.4, -0.2) is 6.36 Å². The van der Waals surface area contributed by atoms with Crippen LogP contribution < -0.4 is 10.4 Å². The Morgan fingerprint density at radius 1 is 0.673 bits per heavy atom. The molecule has 0 bridgehead atoms. The molecule has 0 fully saturated rings. The molecule has 18 heteroatoms. The monoisotopic (exact) mass is 738 g/mol. The minimum atomic E-state index is -5.67. The molecule has 0 aliphatic heterocycles. The number of nitriles is 2. The van der Waals surface area contributed by atoms with Crippen LogP contribution in [0.3, 0.4) is 0 Å². The van der Waals surface area contributed by atoms with Gasteiger partial charge >= 0.3 is 24.5 Å². The molecule has 0 N–H and O–H groups in total. The van der Waals surface area contributed by atoms with Crippen molar-refractivity contribution in [3.63, 3.8) is 0 Å². The van der Waals surface area contributed by atoms with Crippen molar-refractivity contribution in [2.45, 2.75) is 38.5 Å². The van der Waals surface area contributed by atoms with Gasteiger partial charge in [0.25, 0.3) is 0 Å². The van der Waals surface area contributed by atoms with Crippen LogP contribution >= 0.6 is 0 Å². The smallest absolute Gasteiger partial charge is 0.405 e. The van der Waals surface area contributed by atoms with E-state index in [1.165, 1.54) is 19.1 Å². The van der Waals surface area contributed by atoms with Gasteiger partial charge in [0.05, 0.1) is 5.57 Å². The van der Waals surface area contributed by atoms with Crippen molar-refractivity contribution in [1.29, 1.82) is 10.5 Å². The first-order chi connectivity index (χ1) is 24.1. The van der Waals surface area contributed by atoms with Crippen molar-refractivity contribution < 1.29 is 61.8 Å². The minimum absolute atomic E-state index is 0.100. The van der Waals surface area contributed by atoms with Gasteiger partial charge in [0.15, 0.2) is 0 Å². The molecule has 0 aromatic heterocycles. The van der Waals surface area contributed by atoms with Gasteiger partial charge in [-0.15, -0.1) is 13.2 Å². The molecular weight excluding hydrogens is 727 g/mol. The molecule has 2 aliphatic rings. The summed E-state index contributed by atoms with van der Waals surface area (Å²) in [6.45, 7) is 16.0. The first-order valence-electron chi connectivity index (χ1n) is 13.9. The normalized spacial score (nSPS) is 14.0. The molecule has 5 rings (SSSR count). The van der Waals surface area contributed by atoms with Gasteiger partial charge in [0, 0.05) is 17.2 Å². The van der Waals surface area contributed by atoms with Crippen molar-refractivity contribution in [2.75, 3.05) is 0 Å². The van der Waals surface area contributed by atoms with Gasteiger partial charge in [0.2, 0.25) is 0 Å². The molecule has 0 atom stereocenters. The number of allylic oxidation sites excluding steroid dienone is 2. The van der Waals surface area contributed by atoms with E-state index in [1.807, 2.05) is 0 Å². The van der Waals surface area contributed by atoms with E-state index in [4.69, 9.17) is 13.1 Å². The zero-order valence-electron chi connectivity index (χ0n) is 25.3. The van der Waals surface area contributed by atoms with Gasteiger partial charge in [0.1, 0.15) is 71.0 Å². The zero-order chi connectivity index (χ0) is 38.8. The lowest BCUT2D eigenvalue weighted by atomic mass is 9.86. The van der Waals surface area contributed by atoms with Crippen molar-refractivity contribution in [3.05, 3.63) is 126 Å². The fourth-order valence-electron chi connectivity index (χ4n) is 6.35. The maximum atomic E-state index is 15.1. The molecule has 264 valence electrons. The molecule has 2 aliphatic carbocycles. The predicted octanol–water partition coefficient (Wildman–Crippen LogP) is 8.94. The van der Waals surface area contributed by atoms with Crippen LogP contribution in [0.1, 0.15) is 29.2 Å². The Morgan fingerprint density at radius 3 is 1.42 bits per heavy atom. The third kappa shape index (κ3) is 6.07. The lowest BCUT2D eigenvalue weighted by Crippen LogP contribution is -2.26. The summed E-state index contributed by atoms with van der Waals surface area (Å²) in [7, 11) is 0. The fourth-order valence-corrected chi connectivity index (χ4v) is 6.35. The minimum Gasteiger partial charge on any atom is -0.405 e. The van der Waals surface area contributed by atoms with Gasteiger partial charge in [-0.25, -0.2) is 17.6 Å². The second-order valence-corrected chi connectivity index (χ2v) is 11.0. The van der Waals surface area contributed by atoms with Crippen molar-refractivity contribution in [2.24, 2.45) is 0 Å². The number of hydrogen-bond donors (Lipinski definition) is 0. The summed E-state index contributed by atoms with van der Waals surface area (Å²) in [6.07, 6.45) is -18.6. The lowest BCUT2D eigenvalue weighted by Gasteiger charge is -2.19. The second-order valence-electron chi connectivity index (χ2n) is 11.0. The Morgan fingerprint density at radius 2 is 1.06 bits per heavy atom. The Labute approximate surface area is 282 Å². The van der Waals surface area contributed by atoms with E-state index in [1.54, 1.807) is 0 Å². The van der Waals surface area contributed by atoms with Gasteiger partial charge in [-0.1, -0.05) is 0 Å². The van der Waals surface area contributed by atoms with Gasteiger partial charge in [-0.2, -0.15) is 46.6 Å². The predicted molar refractivity (Wildman–Crippen MR) is 152 cm³/mol. The van der Waals surface area contributed by atoms with Crippen LogP contribution in [0.4, 0.5) is 57.1 Å². The third-order valence-corrected chi connectivity index (χ3v) is 8.20. The lowest BCUT2D eigenvalue weighted by molar-refractivity contribution is -0.290. The van der Waals surface area contributed by atoms with E-state index in [0.717, 1.165) is 0 Å². The molecule has 3 aromatic carbocycles. The van der Waals surface area contributed by atoms with Crippen molar-refractivity contribution >= 4 is 11.3 Å². The number of ether oxygens (including phenoxy) is 1. The van der Waals surface area contributed by atoms with E-state index in [0.29, 0.717) is 0 Å². The molecule has 3 aromatic rings. The number of fused-ring (bicyclic) bond motifs is 2. The summed E-state index contributed by atoms with van der Waals surface area (Å²) in [5.41, 5.74) is -11.0. The molecule has 0 spiro atoms. The van der Waals surface area contributed by atoms with Crippen LogP contribution in [0.25, 0.3) is 43.3 Å². The van der Waals surface area contributed by atoms with Crippen LogP contribution in [0, 0.1) is 59.1 Å². The standard InChI is InChI=1S/C34H11F13N4O/c1-12-16(31(50-2)51-3)8-18-24(12)25(13-4-20(35)28(21(36)5-13)32(39,40)41)19-9-17(15(10-48)11-49)30(52-34(45,46)47)27(19)26(18)14-6-22(37)29(23(38)7-14)33(42,43)44/h4-7H,8-9H2,1H3. The maximum Gasteiger partial charge on any atom is 0.573 e. The average Bonchev–Trinajstić information content (AvgIpc) is 3.52. The number of nitrogens with zero attached hydrogens (tertiary/aromatic N) is 4. The van der Waals surface area contributed by atoms with Crippen molar-refractivity contribution in [3.8, 4) is 34.4 Å². The number of rotatable bonds is 3. The highest BCUT2D eigenvalue weighted by atomic mass is 19.4. The SMILES string of the molecule is [C-]#[N+]C([N+]#[C-])=C1Cc2c(-c3cc(F)c(C(F)(F)F)c(F)c3)c3c(c(-c4cc(F)c(C(F)(F)F)c(F)c4)c2=C1C)CC(=C(C#N)C#N)C=3OC(F)(F)F. The summed E-state index contributed by atoms with van der Waals surface area (Å²) in [5, 5.41) is 18.0. The summed E-state index contributed by atoms with van der Waals surface area (Å²) in [4.78, 5) is 6.13. The quantitative estimate of drug-likeness (QED) is 0.153. The molecule has 0 amide bonds. The molecular formula is C34H11F13N4O. The number of halogens is 13. The van der Waals surface area contributed by atoms with Crippen LogP contribution in [0.5, 0.6) is 0 Å². The molecule has 0 radical (unpaired) electrons. The van der Waals surface area contributed by atoms with E-state index < -0.39 is 127 Å². The number of benzene rings is 3. The first kappa shape index (κ1) is 37.0. The van der Waals surface area contributed by atoms with Crippen LogP contribution in [-0.2, 0) is 29.9 Å². The highest BCUT2D eigenvalue weighted by Gasteiger charge is 2.43. The summed E-state index contributed by atoms with van der Waals surface area (Å²) in [6, 6.07) is 3.20. The summed E-state index contributed by atoms with van der Waals surface area (Å²) >= 11 is 0. The first-order valence-corrected chi connectivity index (χ1v) is 13.9. The molecule has 52 heavy (non-hydrogen) atoms.